The second-order valence-electron chi connectivity index (χ2n) is 5.37. The maximum atomic E-state index is 12.6. The molecule has 0 spiro atoms. The van der Waals surface area contributed by atoms with Crippen LogP contribution in [0.15, 0.2) is 59.3 Å². The second kappa shape index (κ2) is 7.17. The van der Waals surface area contributed by atoms with Crippen molar-refractivity contribution in [1.29, 1.82) is 0 Å². The van der Waals surface area contributed by atoms with Crippen molar-refractivity contribution in [1.82, 2.24) is 4.90 Å². The number of rotatable bonds is 5. The number of nitrogens with one attached hydrogen (secondary N) is 1. The summed E-state index contributed by atoms with van der Waals surface area (Å²) < 4.78 is 5.14. The number of amides is 2. The second-order valence-corrected chi connectivity index (χ2v) is 6.18. The predicted molar refractivity (Wildman–Crippen MR) is 96.5 cm³/mol. The van der Waals surface area contributed by atoms with Gasteiger partial charge in [0.05, 0.1) is 13.7 Å². The van der Waals surface area contributed by atoms with Gasteiger partial charge in [0, 0.05) is 16.8 Å². The standard InChI is InChI=1S/C18H14Cl2N2O3/c1-25-14-4-2-3-13(9-14)21-16-15(20)17(23)22(18(16)24)10-11-5-7-12(19)8-6-11/h2-9,21H,10H2,1H3. The van der Waals surface area contributed by atoms with Crippen LogP contribution >= 0.6 is 23.2 Å². The zero-order chi connectivity index (χ0) is 18.0. The maximum Gasteiger partial charge on any atom is 0.279 e. The molecule has 0 unspecified atom stereocenters. The third-order valence-corrected chi connectivity index (χ3v) is 4.31. The summed E-state index contributed by atoms with van der Waals surface area (Å²) >= 11 is 11.9. The number of carbonyl (C=O) groups is 2. The first kappa shape index (κ1) is 17.3. The molecular weight excluding hydrogens is 363 g/mol. The van der Waals surface area contributed by atoms with Crippen LogP contribution in [0.5, 0.6) is 5.75 Å². The molecule has 2 aromatic carbocycles. The average molecular weight is 377 g/mol. The third kappa shape index (κ3) is 3.62. The molecule has 0 atom stereocenters. The van der Waals surface area contributed by atoms with Crippen LogP contribution in [0.2, 0.25) is 5.02 Å². The van der Waals surface area contributed by atoms with Crippen molar-refractivity contribution in [2.24, 2.45) is 0 Å². The average Bonchev–Trinajstić information content (AvgIpc) is 2.82. The minimum absolute atomic E-state index is 0.0499. The topological polar surface area (TPSA) is 58.6 Å². The summed E-state index contributed by atoms with van der Waals surface area (Å²) in [4.78, 5) is 26.0. The lowest BCUT2D eigenvalue weighted by molar-refractivity contribution is -0.138. The smallest absolute Gasteiger partial charge is 0.279 e. The van der Waals surface area contributed by atoms with Gasteiger partial charge in [-0.3, -0.25) is 14.5 Å². The number of ether oxygens (including phenoxy) is 1. The molecule has 1 heterocycles. The van der Waals surface area contributed by atoms with Crippen molar-refractivity contribution in [3.63, 3.8) is 0 Å². The first-order valence-corrected chi connectivity index (χ1v) is 8.16. The molecule has 2 amide bonds. The molecule has 0 saturated heterocycles. The molecule has 0 radical (unpaired) electrons. The van der Waals surface area contributed by atoms with E-state index in [0.29, 0.717) is 16.5 Å². The molecule has 0 saturated carbocycles. The molecule has 0 bridgehead atoms. The molecule has 7 heteroatoms. The molecule has 0 fully saturated rings. The molecule has 5 nitrogen and oxygen atoms in total. The summed E-state index contributed by atoms with van der Waals surface area (Å²) in [5, 5.41) is 3.35. The van der Waals surface area contributed by atoms with E-state index in [-0.39, 0.29) is 17.3 Å². The van der Waals surface area contributed by atoms with Crippen molar-refractivity contribution in [2.75, 3.05) is 12.4 Å². The SMILES string of the molecule is COc1cccc(NC2=C(Cl)C(=O)N(Cc3ccc(Cl)cc3)C2=O)c1. The highest BCUT2D eigenvalue weighted by molar-refractivity contribution is 6.48. The van der Waals surface area contributed by atoms with Gasteiger partial charge in [0.25, 0.3) is 11.8 Å². The zero-order valence-electron chi connectivity index (χ0n) is 13.3. The first-order valence-electron chi connectivity index (χ1n) is 7.41. The van der Waals surface area contributed by atoms with E-state index in [4.69, 9.17) is 27.9 Å². The number of halogens is 2. The number of hydrogen-bond donors (Lipinski definition) is 1. The van der Waals surface area contributed by atoms with E-state index in [9.17, 15) is 9.59 Å². The van der Waals surface area contributed by atoms with E-state index in [1.54, 1.807) is 55.6 Å². The van der Waals surface area contributed by atoms with E-state index in [2.05, 4.69) is 5.32 Å². The van der Waals surface area contributed by atoms with Crippen LogP contribution in [0.4, 0.5) is 5.69 Å². The number of imide groups is 1. The van der Waals surface area contributed by atoms with Crippen LogP contribution in [0.1, 0.15) is 5.56 Å². The van der Waals surface area contributed by atoms with Crippen LogP contribution in [0.3, 0.4) is 0 Å². The Hall–Kier alpha value is -2.50. The number of carbonyl (C=O) groups excluding carboxylic acids is 2. The quantitative estimate of drug-likeness (QED) is 0.806. The van der Waals surface area contributed by atoms with Crippen molar-refractivity contribution in [3.05, 3.63) is 69.8 Å². The van der Waals surface area contributed by atoms with E-state index < -0.39 is 11.8 Å². The van der Waals surface area contributed by atoms with Crippen molar-refractivity contribution in [3.8, 4) is 5.75 Å². The Kier molecular flexibility index (Phi) is 4.97. The summed E-state index contributed by atoms with van der Waals surface area (Å²) in [5.41, 5.74) is 1.43. The van der Waals surface area contributed by atoms with Gasteiger partial charge in [0.15, 0.2) is 0 Å². The number of nitrogens with zero attached hydrogens (tertiary/aromatic N) is 1. The van der Waals surface area contributed by atoms with Gasteiger partial charge in [-0.05, 0) is 29.8 Å². The number of anilines is 1. The molecule has 0 aliphatic carbocycles. The fourth-order valence-corrected chi connectivity index (χ4v) is 2.77. The summed E-state index contributed by atoms with van der Waals surface area (Å²) in [5.74, 6) is -0.392. The largest absolute Gasteiger partial charge is 0.497 e. The molecule has 128 valence electrons. The first-order chi connectivity index (χ1) is 12.0. The van der Waals surface area contributed by atoms with E-state index in [1.165, 1.54) is 0 Å². The fourth-order valence-electron chi connectivity index (χ4n) is 2.42. The minimum atomic E-state index is -0.535. The van der Waals surface area contributed by atoms with Crippen LogP contribution in [-0.4, -0.2) is 23.8 Å². The number of hydrogen-bond acceptors (Lipinski definition) is 4. The Morgan fingerprint density at radius 1 is 1.04 bits per heavy atom. The van der Waals surface area contributed by atoms with Gasteiger partial charge in [-0.15, -0.1) is 0 Å². The van der Waals surface area contributed by atoms with Gasteiger partial charge in [0.1, 0.15) is 16.5 Å². The maximum absolute atomic E-state index is 12.6. The lowest BCUT2D eigenvalue weighted by Crippen LogP contribution is -2.31. The lowest BCUT2D eigenvalue weighted by atomic mass is 10.2. The Morgan fingerprint density at radius 3 is 2.44 bits per heavy atom. The number of benzene rings is 2. The van der Waals surface area contributed by atoms with Gasteiger partial charge in [-0.2, -0.15) is 0 Å². The lowest BCUT2D eigenvalue weighted by Gasteiger charge is -2.15. The van der Waals surface area contributed by atoms with Crippen molar-refractivity contribution >= 4 is 40.7 Å². The van der Waals surface area contributed by atoms with Crippen LogP contribution in [0.25, 0.3) is 0 Å². The van der Waals surface area contributed by atoms with Gasteiger partial charge < -0.3 is 10.1 Å². The highest BCUT2D eigenvalue weighted by Crippen LogP contribution is 2.28. The monoisotopic (exact) mass is 376 g/mol. The van der Waals surface area contributed by atoms with Gasteiger partial charge in [-0.25, -0.2) is 0 Å². The molecule has 1 aliphatic heterocycles. The molecule has 3 rings (SSSR count). The highest BCUT2D eigenvalue weighted by Gasteiger charge is 2.37. The minimum Gasteiger partial charge on any atom is -0.497 e. The molecule has 0 aromatic heterocycles. The van der Waals surface area contributed by atoms with Gasteiger partial charge in [-0.1, -0.05) is 41.4 Å². The Balaban J connectivity index is 1.80. The molecule has 2 aromatic rings. The zero-order valence-corrected chi connectivity index (χ0v) is 14.8. The van der Waals surface area contributed by atoms with E-state index >= 15 is 0 Å². The Labute approximate surface area is 154 Å². The fraction of sp³-hybridized carbons (Fsp3) is 0.111. The van der Waals surface area contributed by atoms with E-state index in [0.717, 1.165) is 10.5 Å². The molecule has 1 aliphatic rings. The Bertz CT molecular complexity index is 863. The Morgan fingerprint density at radius 2 is 1.76 bits per heavy atom. The van der Waals surface area contributed by atoms with Crippen LogP contribution < -0.4 is 10.1 Å². The van der Waals surface area contributed by atoms with Crippen LogP contribution in [-0.2, 0) is 16.1 Å². The predicted octanol–water partition coefficient (Wildman–Crippen LogP) is 3.78. The van der Waals surface area contributed by atoms with Crippen molar-refractivity contribution < 1.29 is 14.3 Å². The van der Waals surface area contributed by atoms with Crippen LogP contribution in [0, 0.1) is 0 Å². The molecule has 1 N–H and O–H groups in total. The van der Waals surface area contributed by atoms with Crippen molar-refractivity contribution in [2.45, 2.75) is 6.54 Å². The third-order valence-electron chi connectivity index (χ3n) is 3.70. The highest BCUT2D eigenvalue weighted by atomic mass is 35.5. The molecule has 25 heavy (non-hydrogen) atoms. The summed E-state index contributed by atoms with van der Waals surface area (Å²) in [6.07, 6.45) is 0. The normalized spacial score (nSPS) is 14.3. The number of methoxy groups -OCH3 is 1. The van der Waals surface area contributed by atoms with Gasteiger partial charge in [0.2, 0.25) is 0 Å². The summed E-state index contributed by atoms with van der Waals surface area (Å²) in [7, 11) is 1.55. The summed E-state index contributed by atoms with van der Waals surface area (Å²) in [6, 6.07) is 13.9. The van der Waals surface area contributed by atoms with Gasteiger partial charge >= 0.3 is 0 Å². The summed E-state index contributed by atoms with van der Waals surface area (Å²) in [6.45, 7) is 0.119. The molecular formula is C18H14Cl2N2O3. The van der Waals surface area contributed by atoms with E-state index in [1.807, 2.05) is 0 Å².